The van der Waals surface area contributed by atoms with Crippen LogP contribution < -0.4 is 16.4 Å². The van der Waals surface area contributed by atoms with Crippen molar-refractivity contribution in [3.8, 4) is 0 Å². The van der Waals surface area contributed by atoms with Crippen LogP contribution in [-0.2, 0) is 4.79 Å². The van der Waals surface area contributed by atoms with E-state index in [-0.39, 0.29) is 11.8 Å². The fraction of sp³-hybridized carbons (Fsp3) is 0.400. The first-order valence-corrected chi connectivity index (χ1v) is 5.82. The van der Waals surface area contributed by atoms with Crippen LogP contribution in [0.2, 0.25) is 0 Å². The van der Waals surface area contributed by atoms with Crippen molar-refractivity contribution in [3.05, 3.63) is 16.7 Å². The van der Waals surface area contributed by atoms with Crippen LogP contribution in [0.4, 0.5) is 11.5 Å². The van der Waals surface area contributed by atoms with Gasteiger partial charge in [0.25, 0.3) is 0 Å². The van der Waals surface area contributed by atoms with Gasteiger partial charge in [-0.1, -0.05) is 0 Å². The molecule has 0 bridgehead atoms. The maximum atomic E-state index is 11.1. The summed E-state index contributed by atoms with van der Waals surface area (Å²) in [5.74, 6) is 0.498. The van der Waals surface area contributed by atoms with Crippen molar-refractivity contribution in [2.24, 2.45) is 11.7 Å². The van der Waals surface area contributed by atoms with E-state index in [2.05, 4.69) is 20.9 Å². The highest BCUT2D eigenvalue weighted by atomic mass is 79.9. The molecule has 1 aromatic heterocycles. The number of carbonyl (C=O) groups is 1. The number of primary amides is 1. The first kappa shape index (κ1) is 11.2. The van der Waals surface area contributed by atoms with Gasteiger partial charge in [-0.3, -0.25) is 4.79 Å². The Morgan fingerprint density at radius 2 is 2.38 bits per heavy atom. The molecule has 86 valence electrons. The molecule has 1 amide bonds. The van der Waals surface area contributed by atoms with Crippen LogP contribution in [0.15, 0.2) is 16.7 Å². The van der Waals surface area contributed by atoms with Crippen molar-refractivity contribution < 1.29 is 4.79 Å². The van der Waals surface area contributed by atoms with Gasteiger partial charge < -0.3 is 16.4 Å². The Morgan fingerprint density at radius 1 is 1.62 bits per heavy atom. The van der Waals surface area contributed by atoms with Gasteiger partial charge in [-0.2, -0.15) is 0 Å². The minimum absolute atomic E-state index is 0.0775. The molecule has 2 heterocycles. The Bertz CT molecular complexity index is 423. The van der Waals surface area contributed by atoms with Gasteiger partial charge in [0, 0.05) is 13.1 Å². The van der Waals surface area contributed by atoms with Crippen molar-refractivity contribution in [2.45, 2.75) is 6.42 Å². The smallest absolute Gasteiger partial charge is 0.222 e. The number of nitrogens with zero attached hydrogens (tertiary/aromatic N) is 2. The topological polar surface area (TPSA) is 85.2 Å². The van der Waals surface area contributed by atoms with Crippen molar-refractivity contribution in [1.82, 2.24) is 4.98 Å². The molecule has 1 aliphatic heterocycles. The molecule has 5 nitrogen and oxygen atoms in total. The van der Waals surface area contributed by atoms with Crippen LogP contribution >= 0.6 is 15.9 Å². The molecule has 1 aliphatic rings. The molecule has 0 aromatic carbocycles. The molecule has 1 atom stereocenters. The number of amides is 1. The molecule has 6 heteroatoms. The number of anilines is 2. The minimum Gasteiger partial charge on any atom is -0.397 e. The first-order valence-electron chi connectivity index (χ1n) is 5.03. The number of aromatic nitrogens is 1. The Labute approximate surface area is 102 Å². The maximum absolute atomic E-state index is 11.1. The van der Waals surface area contributed by atoms with E-state index >= 15 is 0 Å². The second kappa shape index (κ2) is 4.29. The van der Waals surface area contributed by atoms with Crippen LogP contribution in [0.25, 0.3) is 0 Å². The lowest BCUT2D eigenvalue weighted by molar-refractivity contribution is -0.121. The van der Waals surface area contributed by atoms with E-state index in [9.17, 15) is 4.79 Å². The molecular weight excluding hydrogens is 272 g/mol. The standard InChI is InChI=1S/C10H13BrN4O/c11-8-3-7(12)4-14-10(8)15-2-1-6(5-15)9(13)16/h3-4,6H,1-2,5,12H2,(H2,13,16). The van der Waals surface area contributed by atoms with E-state index in [1.54, 1.807) is 12.3 Å². The normalized spacial score (nSPS) is 20.1. The number of halogens is 1. The summed E-state index contributed by atoms with van der Waals surface area (Å²) in [5, 5.41) is 0. The molecule has 1 unspecified atom stereocenters. The third-order valence-electron chi connectivity index (χ3n) is 2.73. The third-order valence-corrected chi connectivity index (χ3v) is 3.32. The first-order chi connectivity index (χ1) is 7.58. The van der Waals surface area contributed by atoms with Crippen LogP contribution in [-0.4, -0.2) is 24.0 Å². The van der Waals surface area contributed by atoms with Crippen molar-refractivity contribution in [3.63, 3.8) is 0 Å². The number of pyridine rings is 1. The van der Waals surface area contributed by atoms with Crippen LogP contribution in [0.5, 0.6) is 0 Å². The highest BCUT2D eigenvalue weighted by Gasteiger charge is 2.28. The molecule has 0 aliphatic carbocycles. The Morgan fingerprint density at radius 3 is 2.94 bits per heavy atom. The summed E-state index contributed by atoms with van der Waals surface area (Å²) < 4.78 is 0.845. The van der Waals surface area contributed by atoms with Crippen molar-refractivity contribution >= 4 is 33.3 Å². The summed E-state index contributed by atoms with van der Waals surface area (Å²) in [6.45, 7) is 1.42. The largest absolute Gasteiger partial charge is 0.397 e. The molecule has 1 fully saturated rings. The second-order valence-corrected chi connectivity index (χ2v) is 4.76. The quantitative estimate of drug-likeness (QED) is 0.839. The lowest BCUT2D eigenvalue weighted by Gasteiger charge is -2.18. The summed E-state index contributed by atoms with van der Waals surface area (Å²) in [4.78, 5) is 17.4. The molecule has 0 spiro atoms. The monoisotopic (exact) mass is 284 g/mol. The molecule has 1 saturated heterocycles. The van der Waals surface area contributed by atoms with Gasteiger partial charge >= 0.3 is 0 Å². The average molecular weight is 285 g/mol. The van der Waals surface area contributed by atoms with E-state index in [4.69, 9.17) is 11.5 Å². The highest BCUT2D eigenvalue weighted by Crippen LogP contribution is 2.29. The Kier molecular flexibility index (Phi) is 3.00. The van der Waals surface area contributed by atoms with Crippen LogP contribution in [0, 0.1) is 5.92 Å². The van der Waals surface area contributed by atoms with Gasteiger partial charge in [-0.15, -0.1) is 0 Å². The highest BCUT2D eigenvalue weighted by molar-refractivity contribution is 9.10. The molecular formula is C10H13BrN4O. The van der Waals surface area contributed by atoms with Crippen molar-refractivity contribution in [2.75, 3.05) is 23.7 Å². The molecule has 0 radical (unpaired) electrons. The number of hydrogen-bond donors (Lipinski definition) is 2. The lowest BCUT2D eigenvalue weighted by atomic mass is 10.1. The van der Waals surface area contributed by atoms with Gasteiger partial charge in [0.05, 0.1) is 22.3 Å². The second-order valence-electron chi connectivity index (χ2n) is 3.91. The zero-order chi connectivity index (χ0) is 11.7. The van der Waals surface area contributed by atoms with E-state index < -0.39 is 0 Å². The number of hydrogen-bond acceptors (Lipinski definition) is 4. The van der Waals surface area contributed by atoms with Crippen molar-refractivity contribution in [1.29, 1.82) is 0 Å². The van der Waals surface area contributed by atoms with Gasteiger partial charge in [0.15, 0.2) is 0 Å². The number of nitrogens with two attached hydrogens (primary N) is 2. The van der Waals surface area contributed by atoms with Gasteiger partial charge in [-0.05, 0) is 28.4 Å². The summed E-state index contributed by atoms with van der Waals surface area (Å²) >= 11 is 3.41. The Balaban J connectivity index is 2.17. The minimum atomic E-state index is -0.242. The van der Waals surface area contributed by atoms with E-state index in [1.165, 1.54) is 0 Å². The van der Waals surface area contributed by atoms with Crippen LogP contribution in [0.1, 0.15) is 6.42 Å². The average Bonchev–Trinajstić information content (AvgIpc) is 2.66. The molecule has 16 heavy (non-hydrogen) atoms. The number of carbonyl (C=O) groups excluding carboxylic acids is 1. The van der Waals surface area contributed by atoms with Crippen LogP contribution in [0.3, 0.4) is 0 Å². The molecule has 1 aromatic rings. The zero-order valence-corrected chi connectivity index (χ0v) is 10.3. The summed E-state index contributed by atoms with van der Waals surface area (Å²) in [5.41, 5.74) is 11.5. The van der Waals surface area contributed by atoms with Gasteiger partial charge in [0.1, 0.15) is 5.82 Å². The molecule has 4 N–H and O–H groups in total. The van der Waals surface area contributed by atoms with Gasteiger partial charge in [-0.25, -0.2) is 4.98 Å². The maximum Gasteiger partial charge on any atom is 0.222 e. The fourth-order valence-electron chi connectivity index (χ4n) is 1.86. The predicted octanol–water partition coefficient (Wildman–Crippen LogP) is 0.738. The van der Waals surface area contributed by atoms with E-state index in [1.807, 2.05) is 4.90 Å². The lowest BCUT2D eigenvalue weighted by Crippen LogP contribution is -2.27. The third kappa shape index (κ3) is 2.11. The fourth-order valence-corrected chi connectivity index (χ4v) is 2.48. The summed E-state index contributed by atoms with van der Waals surface area (Å²) in [6, 6.07) is 1.81. The van der Waals surface area contributed by atoms with E-state index in [0.29, 0.717) is 12.2 Å². The molecule has 2 rings (SSSR count). The predicted molar refractivity (Wildman–Crippen MR) is 65.9 cm³/mol. The SMILES string of the molecule is NC(=O)C1CCN(c2ncc(N)cc2Br)C1. The van der Waals surface area contributed by atoms with E-state index in [0.717, 1.165) is 23.3 Å². The van der Waals surface area contributed by atoms with Gasteiger partial charge in [0.2, 0.25) is 5.91 Å². The Hall–Kier alpha value is -1.30. The molecule has 0 saturated carbocycles. The number of nitrogen functional groups attached to an aromatic ring is 1. The zero-order valence-electron chi connectivity index (χ0n) is 8.69. The summed E-state index contributed by atoms with van der Waals surface area (Å²) in [6.07, 6.45) is 2.39. The number of rotatable bonds is 2. The summed E-state index contributed by atoms with van der Waals surface area (Å²) in [7, 11) is 0.